The molecule has 1 aliphatic carbocycles. The van der Waals surface area contributed by atoms with Crippen molar-refractivity contribution in [2.75, 3.05) is 6.54 Å². The van der Waals surface area contributed by atoms with Gasteiger partial charge in [0, 0.05) is 0 Å². The lowest BCUT2D eigenvalue weighted by molar-refractivity contribution is -0.135. The van der Waals surface area contributed by atoms with Crippen LogP contribution in [0.5, 0.6) is 0 Å². The topological polar surface area (TPSA) is 115 Å². The van der Waals surface area contributed by atoms with Gasteiger partial charge in [0.1, 0.15) is 0 Å². The van der Waals surface area contributed by atoms with Crippen molar-refractivity contribution in [2.24, 2.45) is 23.1 Å². The summed E-state index contributed by atoms with van der Waals surface area (Å²) in [7, 11) is 0. The second-order valence-corrected chi connectivity index (χ2v) is 2.82. The van der Waals surface area contributed by atoms with E-state index in [-0.39, 0.29) is 12.2 Å². The molecule has 0 heterocycles. The average Bonchev–Trinajstić information content (AvgIpc) is 2.39. The predicted molar refractivity (Wildman–Crippen MR) is 41.6 cm³/mol. The fourth-order valence-electron chi connectivity index (χ4n) is 0.471. The van der Waals surface area contributed by atoms with Gasteiger partial charge in [-0.15, -0.1) is 0 Å². The molecular weight excluding hydrogens is 146 g/mol. The monoisotopic (exact) mass is 161 g/mol. The molecule has 0 aromatic rings. The van der Waals surface area contributed by atoms with Gasteiger partial charge in [0.15, 0.2) is 0 Å². The number of rotatable bonds is 1. The predicted octanol–water partition coefficient (Wildman–Crippen LogP) is -1.33. The highest BCUT2D eigenvalue weighted by molar-refractivity contribution is 5.68. The highest BCUT2D eigenvalue weighted by Crippen LogP contribution is 2.34. The molecule has 0 spiro atoms. The molecule has 5 heteroatoms. The Hall–Kier alpha value is -0.650. The summed E-state index contributed by atoms with van der Waals surface area (Å²) < 4.78 is 0. The first-order chi connectivity index (χ1) is 4.90. The number of carboxylic acids is 1. The zero-order valence-corrected chi connectivity index (χ0v) is 6.58. The van der Waals surface area contributed by atoms with Crippen LogP contribution in [-0.2, 0) is 4.79 Å². The van der Waals surface area contributed by atoms with E-state index in [4.69, 9.17) is 16.6 Å². The van der Waals surface area contributed by atoms with Crippen LogP contribution in [0.3, 0.4) is 0 Å². The number of nitrogens with two attached hydrogens (primary N) is 3. The van der Waals surface area contributed by atoms with Gasteiger partial charge in [-0.05, 0) is 12.3 Å². The van der Waals surface area contributed by atoms with Crippen molar-refractivity contribution in [1.82, 2.24) is 0 Å². The van der Waals surface area contributed by atoms with Crippen LogP contribution >= 0.6 is 0 Å². The van der Waals surface area contributed by atoms with Crippen LogP contribution in [-0.4, -0.2) is 23.3 Å². The molecule has 1 aliphatic rings. The van der Waals surface area contributed by atoms with Crippen molar-refractivity contribution in [2.45, 2.75) is 19.0 Å². The van der Waals surface area contributed by atoms with Crippen LogP contribution in [0.1, 0.15) is 13.3 Å². The highest BCUT2D eigenvalue weighted by atomic mass is 16.4. The van der Waals surface area contributed by atoms with Gasteiger partial charge in [-0.1, -0.05) is 6.92 Å². The Morgan fingerprint density at radius 2 is 1.91 bits per heavy atom. The van der Waals surface area contributed by atoms with Crippen LogP contribution in [0.2, 0.25) is 0 Å². The van der Waals surface area contributed by atoms with E-state index in [0.29, 0.717) is 5.92 Å². The van der Waals surface area contributed by atoms with E-state index in [1.807, 2.05) is 0 Å². The van der Waals surface area contributed by atoms with E-state index in [1.54, 1.807) is 0 Å². The lowest BCUT2D eigenvalue weighted by atomic mass is 10.4. The third kappa shape index (κ3) is 4.72. The molecule has 0 radical (unpaired) electrons. The fourth-order valence-corrected chi connectivity index (χ4v) is 0.471. The Morgan fingerprint density at radius 1 is 1.73 bits per heavy atom. The summed E-state index contributed by atoms with van der Waals surface area (Å²) in [4.78, 5) is 9.24. The molecule has 1 saturated carbocycles. The number of hydrogen-bond acceptors (Lipinski definition) is 4. The van der Waals surface area contributed by atoms with E-state index in [0.717, 1.165) is 6.42 Å². The maximum atomic E-state index is 9.24. The summed E-state index contributed by atoms with van der Waals surface area (Å²) in [6.07, 6.45) is 0.993. The molecule has 1 fully saturated rings. The maximum Gasteiger partial charge on any atom is 0.317 e. The van der Waals surface area contributed by atoms with E-state index in [2.05, 4.69) is 12.7 Å². The molecule has 0 bridgehead atoms. The van der Waals surface area contributed by atoms with E-state index in [1.165, 1.54) is 0 Å². The van der Waals surface area contributed by atoms with Crippen molar-refractivity contribution in [3.8, 4) is 0 Å². The van der Waals surface area contributed by atoms with Crippen LogP contribution in [0.25, 0.3) is 0 Å². The quantitative estimate of drug-likeness (QED) is 0.356. The zero-order chi connectivity index (χ0) is 9.07. The van der Waals surface area contributed by atoms with Gasteiger partial charge in [-0.3, -0.25) is 4.79 Å². The normalized spacial score (nSPS) is 24.9. The molecule has 1 atom stereocenters. The molecule has 1 unspecified atom stereocenters. The SMILES string of the molecule is CC1CC1(N)N.NCC(=O)O. The molecule has 5 nitrogen and oxygen atoms in total. The van der Waals surface area contributed by atoms with Gasteiger partial charge >= 0.3 is 5.97 Å². The number of aliphatic carboxylic acids is 1. The molecule has 0 aromatic carbocycles. The highest BCUT2D eigenvalue weighted by Gasteiger charge is 2.43. The summed E-state index contributed by atoms with van der Waals surface area (Å²) in [6, 6.07) is 0. The third-order valence-electron chi connectivity index (χ3n) is 1.59. The summed E-state index contributed by atoms with van der Waals surface area (Å²) in [5.41, 5.74) is 15.1. The lowest BCUT2D eigenvalue weighted by Crippen LogP contribution is -2.34. The Balaban J connectivity index is 0.000000187. The standard InChI is InChI=1S/C4H10N2.C2H5NO2/c1-3-2-4(3,5)6;3-1-2(4)5/h3H,2,5-6H2,1H3;1,3H2,(H,4,5). The van der Waals surface area contributed by atoms with Gasteiger partial charge in [0.2, 0.25) is 0 Å². The molecule has 11 heavy (non-hydrogen) atoms. The first-order valence-corrected chi connectivity index (χ1v) is 3.39. The van der Waals surface area contributed by atoms with Gasteiger partial charge in [-0.2, -0.15) is 0 Å². The lowest BCUT2D eigenvalue weighted by Gasteiger charge is -1.94. The average molecular weight is 161 g/mol. The van der Waals surface area contributed by atoms with E-state index >= 15 is 0 Å². The van der Waals surface area contributed by atoms with Gasteiger partial charge in [0.05, 0.1) is 12.2 Å². The Bertz CT molecular complexity index is 147. The van der Waals surface area contributed by atoms with Crippen molar-refractivity contribution < 1.29 is 9.90 Å². The summed E-state index contributed by atoms with van der Waals surface area (Å²) in [6.45, 7) is 1.78. The van der Waals surface area contributed by atoms with Crippen molar-refractivity contribution >= 4 is 5.97 Å². The second-order valence-electron chi connectivity index (χ2n) is 2.82. The first-order valence-electron chi connectivity index (χ1n) is 3.39. The van der Waals surface area contributed by atoms with Crippen LogP contribution in [0.4, 0.5) is 0 Å². The van der Waals surface area contributed by atoms with E-state index in [9.17, 15) is 4.79 Å². The zero-order valence-electron chi connectivity index (χ0n) is 6.58. The summed E-state index contributed by atoms with van der Waals surface area (Å²) >= 11 is 0. The van der Waals surface area contributed by atoms with Crippen LogP contribution in [0, 0.1) is 5.92 Å². The Kier molecular flexibility index (Phi) is 3.44. The van der Waals surface area contributed by atoms with Gasteiger partial charge in [-0.25, -0.2) is 0 Å². The van der Waals surface area contributed by atoms with Crippen LogP contribution in [0.15, 0.2) is 0 Å². The van der Waals surface area contributed by atoms with Gasteiger partial charge in [0.25, 0.3) is 0 Å². The Morgan fingerprint density at radius 3 is 1.91 bits per heavy atom. The fraction of sp³-hybridized carbons (Fsp3) is 0.833. The molecule has 0 aromatic heterocycles. The van der Waals surface area contributed by atoms with Crippen LogP contribution < -0.4 is 17.2 Å². The minimum atomic E-state index is -0.968. The minimum absolute atomic E-state index is 0.278. The second kappa shape index (κ2) is 3.66. The van der Waals surface area contributed by atoms with E-state index < -0.39 is 5.97 Å². The summed E-state index contributed by atoms with van der Waals surface area (Å²) in [5, 5.41) is 7.60. The summed E-state index contributed by atoms with van der Waals surface area (Å²) in [5.74, 6) is -0.414. The third-order valence-corrected chi connectivity index (χ3v) is 1.59. The number of carboxylic acid groups (broad SMARTS) is 1. The molecular formula is C6H15N3O2. The maximum absolute atomic E-state index is 9.24. The molecule has 0 aliphatic heterocycles. The minimum Gasteiger partial charge on any atom is -0.480 e. The first kappa shape index (κ1) is 10.3. The Labute approximate surface area is 65.5 Å². The molecule has 1 rings (SSSR count). The molecule has 66 valence electrons. The number of carbonyl (C=O) groups is 1. The number of hydrogen-bond donors (Lipinski definition) is 4. The van der Waals surface area contributed by atoms with Crippen molar-refractivity contribution in [3.63, 3.8) is 0 Å². The smallest absolute Gasteiger partial charge is 0.317 e. The largest absolute Gasteiger partial charge is 0.480 e. The molecule has 0 amide bonds. The van der Waals surface area contributed by atoms with Crippen molar-refractivity contribution in [3.05, 3.63) is 0 Å². The van der Waals surface area contributed by atoms with Crippen molar-refractivity contribution in [1.29, 1.82) is 0 Å². The van der Waals surface area contributed by atoms with Gasteiger partial charge < -0.3 is 22.3 Å². The molecule has 0 saturated heterocycles. The molecule has 7 N–H and O–H groups in total.